The van der Waals surface area contributed by atoms with Crippen molar-refractivity contribution in [3.05, 3.63) is 35.9 Å². The Morgan fingerprint density at radius 1 is 1.35 bits per heavy atom. The maximum Gasteiger partial charge on any atom is 0.224 e. The summed E-state index contributed by atoms with van der Waals surface area (Å²) >= 11 is 0. The van der Waals surface area contributed by atoms with Crippen molar-refractivity contribution >= 4 is 5.91 Å². The Kier molecular flexibility index (Phi) is 3.92. The third-order valence-corrected chi connectivity index (χ3v) is 4.93. The van der Waals surface area contributed by atoms with Gasteiger partial charge in [-0.15, -0.1) is 0 Å². The standard InChI is InChI=1S/C17H26N2O/c1-16(2,15(18)20)11-19-14-10-13(17(14,3)4)12-8-6-5-7-9-12/h5-9,13-14,19H,10-11H2,1-4H3,(H2,18,20). The number of carbonyl (C=O) groups excluding carboxylic acids is 1. The molecule has 0 spiro atoms. The molecular weight excluding hydrogens is 248 g/mol. The molecule has 0 saturated heterocycles. The van der Waals surface area contributed by atoms with Gasteiger partial charge in [0.15, 0.2) is 0 Å². The fourth-order valence-corrected chi connectivity index (χ4v) is 2.99. The summed E-state index contributed by atoms with van der Waals surface area (Å²) in [6.45, 7) is 9.01. The molecule has 3 heteroatoms. The molecule has 0 bridgehead atoms. The van der Waals surface area contributed by atoms with Crippen LogP contribution >= 0.6 is 0 Å². The summed E-state index contributed by atoms with van der Waals surface area (Å²) in [5.74, 6) is 0.333. The van der Waals surface area contributed by atoms with Gasteiger partial charge in [0, 0.05) is 12.6 Å². The van der Waals surface area contributed by atoms with Crippen molar-refractivity contribution in [3.8, 4) is 0 Å². The van der Waals surface area contributed by atoms with E-state index in [1.165, 1.54) is 5.56 Å². The van der Waals surface area contributed by atoms with Crippen molar-refractivity contribution in [1.82, 2.24) is 5.32 Å². The zero-order valence-corrected chi connectivity index (χ0v) is 12.9. The fourth-order valence-electron chi connectivity index (χ4n) is 2.99. The van der Waals surface area contributed by atoms with Gasteiger partial charge in [-0.1, -0.05) is 44.2 Å². The highest BCUT2D eigenvalue weighted by atomic mass is 16.1. The topological polar surface area (TPSA) is 55.1 Å². The Morgan fingerprint density at radius 2 is 1.95 bits per heavy atom. The van der Waals surface area contributed by atoms with E-state index >= 15 is 0 Å². The summed E-state index contributed by atoms with van der Waals surface area (Å²) in [6.07, 6.45) is 1.12. The quantitative estimate of drug-likeness (QED) is 0.867. The van der Waals surface area contributed by atoms with Gasteiger partial charge in [-0.25, -0.2) is 0 Å². The SMILES string of the molecule is CC(C)(CNC1CC(c2ccccc2)C1(C)C)C(N)=O. The third kappa shape index (κ3) is 2.73. The molecule has 2 unspecified atom stereocenters. The summed E-state index contributed by atoms with van der Waals surface area (Å²) in [7, 11) is 0. The molecule has 20 heavy (non-hydrogen) atoms. The van der Waals surface area contributed by atoms with Crippen LogP contribution in [-0.4, -0.2) is 18.5 Å². The van der Waals surface area contributed by atoms with Gasteiger partial charge in [0.1, 0.15) is 0 Å². The van der Waals surface area contributed by atoms with Gasteiger partial charge in [0.2, 0.25) is 5.91 Å². The molecular formula is C17H26N2O. The molecule has 1 saturated carbocycles. The number of nitrogens with one attached hydrogen (secondary N) is 1. The molecule has 1 aromatic carbocycles. The first-order valence-corrected chi connectivity index (χ1v) is 7.33. The van der Waals surface area contributed by atoms with Crippen LogP contribution in [0.2, 0.25) is 0 Å². The molecule has 0 aromatic heterocycles. The first-order valence-electron chi connectivity index (χ1n) is 7.33. The summed E-state index contributed by atoms with van der Waals surface area (Å²) < 4.78 is 0. The number of carbonyl (C=O) groups is 1. The molecule has 110 valence electrons. The van der Waals surface area contributed by atoms with Gasteiger partial charge in [-0.3, -0.25) is 4.79 Å². The van der Waals surface area contributed by atoms with Crippen LogP contribution in [0.15, 0.2) is 30.3 Å². The van der Waals surface area contributed by atoms with Crippen molar-refractivity contribution in [1.29, 1.82) is 0 Å². The highest BCUT2D eigenvalue weighted by molar-refractivity contribution is 5.80. The van der Waals surface area contributed by atoms with E-state index < -0.39 is 5.41 Å². The molecule has 1 aromatic rings. The lowest BCUT2D eigenvalue weighted by atomic mass is 9.56. The van der Waals surface area contributed by atoms with E-state index in [1.807, 2.05) is 13.8 Å². The number of primary amides is 1. The Hall–Kier alpha value is -1.35. The number of rotatable bonds is 5. The molecule has 2 atom stereocenters. The van der Waals surface area contributed by atoms with E-state index in [4.69, 9.17) is 5.73 Å². The molecule has 0 aliphatic heterocycles. The van der Waals surface area contributed by atoms with Crippen LogP contribution in [0.25, 0.3) is 0 Å². The number of hydrogen-bond donors (Lipinski definition) is 2. The first kappa shape index (κ1) is 15.0. The zero-order valence-electron chi connectivity index (χ0n) is 12.9. The van der Waals surface area contributed by atoms with Crippen LogP contribution in [0.4, 0.5) is 0 Å². The molecule has 1 amide bonds. The second-order valence-corrected chi connectivity index (χ2v) is 7.20. The van der Waals surface area contributed by atoms with Crippen molar-refractivity contribution in [2.75, 3.05) is 6.54 Å². The van der Waals surface area contributed by atoms with Gasteiger partial charge < -0.3 is 11.1 Å². The highest BCUT2D eigenvalue weighted by Gasteiger charge is 2.48. The maximum absolute atomic E-state index is 11.4. The molecule has 2 rings (SSSR count). The van der Waals surface area contributed by atoms with Gasteiger partial charge in [-0.05, 0) is 37.2 Å². The second-order valence-electron chi connectivity index (χ2n) is 7.20. The number of nitrogens with two attached hydrogens (primary N) is 1. The van der Waals surface area contributed by atoms with E-state index in [2.05, 4.69) is 49.5 Å². The lowest BCUT2D eigenvalue weighted by molar-refractivity contribution is -0.126. The van der Waals surface area contributed by atoms with Gasteiger partial charge >= 0.3 is 0 Å². The lowest BCUT2D eigenvalue weighted by Gasteiger charge is -2.53. The lowest BCUT2D eigenvalue weighted by Crippen LogP contribution is -2.57. The predicted molar refractivity (Wildman–Crippen MR) is 82.3 cm³/mol. The van der Waals surface area contributed by atoms with Crippen LogP contribution in [0.1, 0.15) is 45.6 Å². The predicted octanol–water partition coefficient (Wildman–Crippen LogP) is 2.67. The van der Waals surface area contributed by atoms with Crippen molar-refractivity contribution in [2.45, 2.75) is 46.1 Å². The third-order valence-electron chi connectivity index (χ3n) is 4.93. The minimum atomic E-state index is -0.492. The summed E-state index contributed by atoms with van der Waals surface area (Å²) in [6, 6.07) is 11.1. The van der Waals surface area contributed by atoms with Crippen molar-refractivity contribution in [3.63, 3.8) is 0 Å². The Morgan fingerprint density at radius 3 is 2.45 bits per heavy atom. The van der Waals surface area contributed by atoms with E-state index in [0.717, 1.165) is 6.42 Å². The van der Waals surface area contributed by atoms with Crippen LogP contribution < -0.4 is 11.1 Å². The monoisotopic (exact) mass is 274 g/mol. The molecule has 0 radical (unpaired) electrons. The average Bonchev–Trinajstić information content (AvgIpc) is 2.38. The maximum atomic E-state index is 11.4. The van der Waals surface area contributed by atoms with Crippen molar-refractivity contribution in [2.24, 2.45) is 16.6 Å². The van der Waals surface area contributed by atoms with E-state index in [9.17, 15) is 4.79 Å². The minimum absolute atomic E-state index is 0.203. The second kappa shape index (κ2) is 5.21. The Balaban J connectivity index is 1.97. The largest absolute Gasteiger partial charge is 0.369 e. The minimum Gasteiger partial charge on any atom is -0.369 e. The van der Waals surface area contributed by atoms with E-state index in [-0.39, 0.29) is 11.3 Å². The Labute approximate surface area is 121 Å². The van der Waals surface area contributed by atoms with E-state index in [1.54, 1.807) is 0 Å². The smallest absolute Gasteiger partial charge is 0.224 e. The first-order chi connectivity index (χ1) is 9.25. The van der Waals surface area contributed by atoms with E-state index in [0.29, 0.717) is 18.5 Å². The summed E-state index contributed by atoms with van der Waals surface area (Å²) in [5, 5.41) is 3.53. The number of amides is 1. The van der Waals surface area contributed by atoms with Crippen LogP contribution in [0, 0.1) is 10.8 Å². The molecule has 1 fully saturated rings. The Bertz CT molecular complexity index is 479. The average molecular weight is 274 g/mol. The zero-order chi connectivity index (χ0) is 15.0. The van der Waals surface area contributed by atoms with Gasteiger partial charge in [0.05, 0.1) is 5.41 Å². The molecule has 1 aliphatic rings. The van der Waals surface area contributed by atoms with Gasteiger partial charge in [-0.2, -0.15) is 0 Å². The molecule has 1 aliphatic carbocycles. The molecule has 0 heterocycles. The molecule has 3 nitrogen and oxygen atoms in total. The van der Waals surface area contributed by atoms with Crippen LogP contribution in [-0.2, 0) is 4.79 Å². The fraction of sp³-hybridized carbons (Fsp3) is 0.588. The van der Waals surface area contributed by atoms with Crippen LogP contribution in [0.3, 0.4) is 0 Å². The highest BCUT2D eigenvalue weighted by Crippen LogP contribution is 2.52. The molecule has 3 N–H and O–H groups in total. The number of benzene rings is 1. The van der Waals surface area contributed by atoms with Crippen molar-refractivity contribution < 1.29 is 4.79 Å². The van der Waals surface area contributed by atoms with Crippen LogP contribution in [0.5, 0.6) is 0 Å². The number of hydrogen-bond acceptors (Lipinski definition) is 2. The summed E-state index contributed by atoms with van der Waals surface area (Å²) in [4.78, 5) is 11.4. The normalized spacial score (nSPS) is 25.0. The van der Waals surface area contributed by atoms with Gasteiger partial charge in [0.25, 0.3) is 0 Å². The summed E-state index contributed by atoms with van der Waals surface area (Å²) in [5.41, 5.74) is 6.54.